The number of hydrogen-bond donors (Lipinski definition) is 1. The maximum absolute atomic E-state index is 14.2. The number of hydrogen-bond acceptors (Lipinski definition) is 6. The van der Waals surface area contributed by atoms with E-state index in [0.29, 0.717) is 18.6 Å². The molecule has 0 radical (unpaired) electrons. The number of carbonyl (C=O) groups excluding carboxylic acids is 4. The van der Waals surface area contributed by atoms with Crippen molar-refractivity contribution in [1.82, 2.24) is 9.80 Å². The summed E-state index contributed by atoms with van der Waals surface area (Å²) >= 11 is 0. The molecule has 2 aliphatic heterocycles. The van der Waals surface area contributed by atoms with Crippen LogP contribution in [-0.4, -0.2) is 57.7 Å². The minimum absolute atomic E-state index is 0.0190. The van der Waals surface area contributed by atoms with Gasteiger partial charge in [0.1, 0.15) is 0 Å². The molecule has 2 saturated heterocycles. The summed E-state index contributed by atoms with van der Waals surface area (Å²) in [6.07, 6.45) is 12.7. The first-order valence-corrected chi connectivity index (χ1v) is 15.7. The molecule has 0 aromatic heterocycles. The highest BCUT2D eigenvalue weighted by Crippen LogP contribution is 2.59. The van der Waals surface area contributed by atoms with Gasteiger partial charge in [-0.3, -0.25) is 29.0 Å². The van der Waals surface area contributed by atoms with Gasteiger partial charge in [0.2, 0.25) is 23.6 Å². The number of ether oxygens (including phenoxy) is 1. The third-order valence-electron chi connectivity index (χ3n) is 11.2. The topological polar surface area (TPSA) is 104 Å². The summed E-state index contributed by atoms with van der Waals surface area (Å²) in [6, 6.07) is 5.11. The van der Waals surface area contributed by atoms with Crippen molar-refractivity contribution in [3.8, 4) is 11.5 Å². The quantitative estimate of drug-likeness (QED) is 0.423. The summed E-state index contributed by atoms with van der Waals surface area (Å²) in [7, 11) is 1.49. The first-order chi connectivity index (χ1) is 19.9. The van der Waals surface area contributed by atoms with Crippen LogP contribution in [0.3, 0.4) is 0 Å². The maximum atomic E-state index is 14.2. The van der Waals surface area contributed by atoms with Crippen LogP contribution in [0.4, 0.5) is 0 Å². The molecule has 3 saturated carbocycles. The molecule has 41 heavy (non-hydrogen) atoms. The molecule has 6 aliphatic rings. The number of likely N-dealkylation sites (tertiary alicyclic amines) is 2. The molecule has 7 rings (SSSR count). The molecule has 6 atom stereocenters. The molecule has 218 valence electrons. The summed E-state index contributed by atoms with van der Waals surface area (Å²) in [5.74, 6) is -2.77. The monoisotopic (exact) mass is 560 g/mol. The number of methoxy groups -OCH3 is 1. The van der Waals surface area contributed by atoms with Crippen LogP contribution < -0.4 is 4.74 Å². The molecule has 4 amide bonds. The fourth-order valence-corrected chi connectivity index (χ4v) is 9.31. The second-order valence-corrected chi connectivity index (χ2v) is 13.1. The summed E-state index contributed by atoms with van der Waals surface area (Å²) in [5, 5.41) is 10.7. The van der Waals surface area contributed by atoms with E-state index in [1.54, 1.807) is 21.9 Å². The van der Waals surface area contributed by atoms with Crippen molar-refractivity contribution in [2.24, 2.45) is 29.6 Å². The van der Waals surface area contributed by atoms with Crippen molar-refractivity contribution in [3.63, 3.8) is 0 Å². The Morgan fingerprint density at radius 3 is 1.90 bits per heavy atom. The Kier molecular flexibility index (Phi) is 6.70. The highest BCUT2D eigenvalue weighted by atomic mass is 16.5. The van der Waals surface area contributed by atoms with E-state index >= 15 is 0 Å². The number of carbonyl (C=O) groups is 4. The van der Waals surface area contributed by atoms with Gasteiger partial charge in [0.25, 0.3) is 0 Å². The Labute approximate surface area is 241 Å². The lowest BCUT2D eigenvalue weighted by molar-refractivity contribution is -0.145. The Morgan fingerprint density at radius 1 is 0.732 bits per heavy atom. The zero-order valence-corrected chi connectivity index (χ0v) is 23.8. The molecule has 0 spiro atoms. The van der Waals surface area contributed by atoms with E-state index in [9.17, 15) is 24.3 Å². The number of allylic oxidation sites excluding steroid dienone is 2. The number of phenols is 1. The molecule has 8 heteroatoms. The van der Waals surface area contributed by atoms with Crippen molar-refractivity contribution in [2.45, 2.75) is 95.1 Å². The number of amides is 4. The van der Waals surface area contributed by atoms with Crippen LogP contribution >= 0.6 is 0 Å². The molecule has 1 aromatic rings. The second kappa shape index (κ2) is 10.3. The highest BCUT2D eigenvalue weighted by Gasteiger charge is 2.63. The SMILES string of the molecule is COc1ccc(C2C3=CCC4C(=O)N(C5CCCCC5)C(=O)C4C3CC3C(=O)N(C4CCCCC4)C(=O)C32)cc1O. The molecule has 2 heterocycles. The first-order valence-electron chi connectivity index (χ1n) is 15.7. The van der Waals surface area contributed by atoms with Crippen molar-refractivity contribution < 1.29 is 29.0 Å². The number of benzene rings is 1. The minimum Gasteiger partial charge on any atom is -0.504 e. The Hall–Kier alpha value is -3.16. The summed E-state index contributed by atoms with van der Waals surface area (Å²) in [5.41, 5.74) is 1.73. The molecule has 5 fully saturated rings. The first kappa shape index (κ1) is 26.7. The van der Waals surface area contributed by atoms with Gasteiger partial charge in [-0.15, -0.1) is 0 Å². The largest absolute Gasteiger partial charge is 0.504 e. The zero-order valence-electron chi connectivity index (χ0n) is 23.8. The molecular weight excluding hydrogens is 520 g/mol. The Bertz CT molecular complexity index is 1310. The van der Waals surface area contributed by atoms with Crippen LogP contribution in [0.1, 0.15) is 88.5 Å². The van der Waals surface area contributed by atoms with E-state index in [1.807, 2.05) is 6.07 Å². The van der Waals surface area contributed by atoms with Crippen LogP contribution in [0.15, 0.2) is 29.8 Å². The average Bonchev–Trinajstić information content (AvgIpc) is 3.40. The summed E-state index contributed by atoms with van der Waals surface area (Å²) < 4.78 is 5.29. The zero-order chi connectivity index (χ0) is 28.4. The van der Waals surface area contributed by atoms with Gasteiger partial charge >= 0.3 is 0 Å². The predicted octanol–water partition coefficient (Wildman–Crippen LogP) is 4.70. The highest BCUT2D eigenvalue weighted by molar-refractivity contribution is 6.08. The molecular formula is C33H40N2O6. The van der Waals surface area contributed by atoms with Gasteiger partial charge in [0.05, 0.1) is 30.8 Å². The van der Waals surface area contributed by atoms with Gasteiger partial charge in [-0.25, -0.2) is 0 Å². The lowest BCUT2D eigenvalue weighted by atomic mass is 9.57. The maximum Gasteiger partial charge on any atom is 0.234 e. The van der Waals surface area contributed by atoms with Crippen LogP contribution in [0.2, 0.25) is 0 Å². The van der Waals surface area contributed by atoms with Gasteiger partial charge < -0.3 is 9.84 Å². The molecule has 1 aromatic carbocycles. The number of aromatic hydroxyl groups is 1. The Morgan fingerprint density at radius 2 is 1.32 bits per heavy atom. The fourth-order valence-electron chi connectivity index (χ4n) is 9.31. The van der Waals surface area contributed by atoms with Gasteiger partial charge in [0, 0.05) is 18.0 Å². The van der Waals surface area contributed by atoms with Gasteiger partial charge in [-0.1, -0.05) is 56.2 Å². The predicted molar refractivity (Wildman–Crippen MR) is 150 cm³/mol. The fraction of sp³-hybridized carbons (Fsp3) is 0.636. The van der Waals surface area contributed by atoms with Crippen molar-refractivity contribution in [3.05, 3.63) is 35.4 Å². The lowest BCUT2D eigenvalue weighted by Crippen LogP contribution is -2.44. The molecule has 1 N–H and O–H groups in total. The number of imide groups is 2. The van der Waals surface area contributed by atoms with Crippen LogP contribution in [-0.2, 0) is 19.2 Å². The number of nitrogens with zero attached hydrogens (tertiary/aromatic N) is 2. The molecule has 8 nitrogen and oxygen atoms in total. The number of fused-ring (bicyclic) bond motifs is 4. The normalized spacial score (nSPS) is 34.4. The van der Waals surface area contributed by atoms with Gasteiger partial charge in [-0.05, 0) is 62.1 Å². The van der Waals surface area contributed by atoms with E-state index in [2.05, 4.69) is 6.08 Å². The van der Waals surface area contributed by atoms with Crippen LogP contribution in [0.25, 0.3) is 0 Å². The van der Waals surface area contributed by atoms with Gasteiger partial charge in [0.15, 0.2) is 11.5 Å². The van der Waals surface area contributed by atoms with E-state index in [4.69, 9.17) is 4.74 Å². The lowest BCUT2D eigenvalue weighted by Gasteiger charge is -2.44. The summed E-state index contributed by atoms with van der Waals surface area (Å²) in [4.78, 5) is 59.2. The second-order valence-electron chi connectivity index (χ2n) is 13.1. The summed E-state index contributed by atoms with van der Waals surface area (Å²) in [6.45, 7) is 0. The number of rotatable bonds is 4. The smallest absolute Gasteiger partial charge is 0.234 e. The molecule has 0 bridgehead atoms. The Balaban J connectivity index is 1.29. The van der Waals surface area contributed by atoms with Crippen molar-refractivity contribution in [1.29, 1.82) is 0 Å². The van der Waals surface area contributed by atoms with Crippen LogP contribution in [0.5, 0.6) is 11.5 Å². The van der Waals surface area contributed by atoms with Crippen LogP contribution in [0, 0.1) is 29.6 Å². The molecule has 6 unspecified atom stereocenters. The van der Waals surface area contributed by atoms with E-state index < -0.39 is 29.6 Å². The third-order valence-corrected chi connectivity index (χ3v) is 11.2. The molecule has 4 aliphatic carbocycles. The average molecular weight is 561 g/mol. The van der Waals surface area contributed by atoms with Crippen molar-refractivity contribution >= 4 is 23.6 Å². The van der Waals surface area contributed by atoms with E-state index in [1.165, 1.54) is 7.11 Å². The van der Waals surface area contributed by atoms with Gasteiger partial charge in [-0.2, -0.15) is 0 Å². The number of phenolic OH excluding ortho intramolecular Hbond substituents is 1. The third kappa shape index (κ3) is 4.07. The minimum atomic E-state index is -0.571. The van der Waals surface area contributed by atoms with E-state index in [0.717, 1.165) is 75.3 Å². The standard InChI is InChI=1S/C33H40N2O6/c1-41-26-15-12-18(16-25(26)36)27-21-13-14-22-28(32(39)34(30(22)37)19-8-4-2-5-9-19)23(21)17-24-29(27)33(40)35(31(24)38)20-10-6-3-7-11-20/h12-13,15-16,19-20,22-24,27-29,36H,2-11,14,17H2,1H3. The van der Waals surface area contributed by atoms with E-state index in [-0.39, 0.29) is 47.4 Å². The van der Waals surface area contributed by atoms with Crippen molar-refractivity contribution in [2.75, 3.05) is 7.11 Å².